The average molecular weight is 596 g/mol. The lowest BCUT2D eigenvalue weighted by molar-refractivity contribution is 0.461. The molecule has 8 rings (SSSR count). The zero-order valence-corrected chi connectivity index (χ0v) is 24.8. The van der Waals surface area contributed by atoms with E-state index in [0.29, 0.717) is 0 Å². The molecule has 6 nitrogen and oxygen atoms in total. The van der Waals surface area contributed by atoms with E-state index in [1.165, 1.54) is 0 Å². The molecule has 0 amide bonds. The molecule has 4 aromatic carbocycles. The Morgan fingerprint density at radius 2 is 1.13 bits per heavy atom. The lowest BCUT2D eigenvalue weighted by Gasteiger charge is -2.36. The summed E-state index contributed by atoms with van der Waals surface area (Å²) in [6.07, 6.45) is 7.90. The van der Waals surface area contributed by atoms with Crippen molar-refractivity contribution >= 4 is 5.65 Å². The minimum Gasteiger partial charge on any atom is -0.508 e. The Bertz CT molecular complexity index is 2150. The summed E-state index contributed by atoms with van der Waals surface area (Å²) < 4.78 is 4.18. The molecule has 0 unspecified atom stereocenters. The fraction of sp³-hybridized carbons (Fsp3) is 0.0250. The van der Waals surface area contributed by atoms with E-state index in [2.05, 4.69) is 110 Å². The third-order valence-corrected chi connectivity index (χ3v) is 8.52. The third-order valence-electron chi connectivity index (χ3n) is 8.52. The monoisotopic (exact) mass is 595 g/mol. The molecule has 6 heteroatoms. The van der Waals surface area contributed by atoms with Gasteiger partial charge in [-0.15, -0.1) is 0 Å². The van der Waals surface area contributed by atoms with Crippen molar-refractivity contribution in [3.05, 3.63) is 187 Å². The van der Waals surface area contributed by atoms with E-state index in [0.717, 1.165) is 56.1 Å². The van der Waals surface area contributed by atoms with Crippen LogP contribution >= 0.6 is 0 Å². The molecule has 0 aliphatic rings. The van der Waals surface area contributed by atoms with Crippen LogP contribution in [0.2, 0.25) is 0 Å². The van der Waals surface area contributed by atoms with Crippen molar-refractivity contribution in [1.82, 2.24) is 24.1 Å². The van der Waals surface area contributed by atoms with Crippen molar-refractivity contribution in [3.63, 3.8) is 0 Å². The number of aromatic hydroxyl groups is 1. The van der Waals surface area contributed by atoms with E-state index in [9.17, 15) is 5.11 Å². The van der Waals surface area contributed by atoms with Gasteiger partial charge >= 0.3 is 0 Å². The quantitative estimate of drug-likeness (QED) is 0.188. The molecule has 0 fully saturated rings. The first kappa shape index (κ1) is 27.3. The number of imidazole rings is 1. The maximum atomic E-state index is 10.2. The fourth-order valence-electron chi connectivity index (χ4n) is 6.37. The largest absolute Gasteiger partial charge is 0.508 e. The molecule has 4 heterocycles. The minimum atomic E-state index is -0.786. The molecule has 0 saturated carbocycles. The number of pyridine rings is 2. The second-order valence-corrected chi connectivity index (χ2v) is 11.2. The Labute approximate surface area is 266 Å². The molecule has 4 aromatic heterocycles. The minimum absolute atomic E-state index is 0.205. The second-order valence-electron chi connectivity index (χ2n) is 11.2. The topological polar surface area (TPSA) is 68.2 Å². The van der Waals surface area contributed by atoms with Crippen LogP contribution in [0.15, 0.2) is 170 Å². The predicted octanol–water partition coefficient (Wildman–Crippen LogP) is 8.47. The molecule has 220 valence electrons. The lowest BCUT2D eigenvalue weighted by Crippen LogP contribution is -2.38. The van der Waals surface area contributed by atoms with Gasteiger partial charge in [0.05, 0.1) is 17.6 Å². The van der Waals surface area contributed by atoms with Gasteiger partial charge in [-0.1, -0.05) is 97.1 Å². The first-order valence-corrected chi connectivity index (χ1v) is 15.2. The number of phenolic OH excluding ortho intramolecular Hbond substituents is 1. The van der Waals surface area contributed by atoms with Crippen molar-refractivity contribution < 1.29 is 5.11 Å². The van der Waals surface area contributed by atoms with Gasteiger partial charge in [0.2, 0.25) is 0 Å². The highest BCUT2D eigenvalue weighted by Gasteiger charge is 2.40. The maximum absolute atomic E-state index is 10.2. The smallest absolute Gasteiger partial charge is 0.138 e. The molecule has 0 radical (unpaired) electrons. The van der Waals surface area contributed by atoms with Crippen LogP contribution in [-0.4, -0.2) is 29.3 Å². The first-order valence-electron chi connectivity index (χ1n) is 15.2. The van der Waals surface area contributed by atoms with Crippen molar-refractivity contribution in [1.29, 1.82) is 0 Å². The maximum Gasteiger partial charge on any atom is 0.138 e. The molecule has 46 heavy (non-hydrogen) atoms. The third kappa shape index (κ3) is 4.55. The molecule has 0 aliphatic heterocycles. The molecular formula is C40H29N5O. The molecule has 0 spiro atoms. The highest BCUT2D eigenvalue weighted by molar-refractivity contribution is 5.81. The summed E-state index contributed by atoms with van der Waals surface area (Å²) in [6, 6.07) is 48.8. The van der Waals surface area contributed by atoms with Crippen LogP contribution < -0.4 is 0 Å². The standard InChI is InChI=1S/C40H29N5O/c46-34-22-19-29(20-23-34)39-35(30-21-24-38-42-26-37(44(38)27-30)36-18-10-11-25-41-36)28-45(43-39)40(31-12-4-1-5-13-31,32-14-6-2-7-15-32)33-16-8-3-9-17-33/h1-28,46H. The molecular weight excluding hydrogens is 566 g/mol. The Hall–Kier alpha value is -6.27. The van der Waals surface area contributed by atoms with Gasteiger partial charge < -0.3 is 5.11 Å². The first-order chi connectivity index (χ1) is 22.7. The van der Waals surface area contributed by atoms with Crippen LogP contribution in [0.1, 0.15) is 16.7 Å². The second kappa shape index (κ2) is 11.3. The normalized spacial score (nSPS) is 11.6. The Balaban J connectivity index is 1.43. The molecule has 0 saturated heterocycles. The van der Waals surface area contributed by atoms with Gasteiger partial charge in [-0.3, -0.25) is 14.1 Å². The fourth-order valence-corrected chi connectivity index (χ4v) is 6.37. The summed E-state index contributed by atoms with van der Waals surface area (Å²) >= 11 is 0. The van der Waals surface area contributed by atoms with Crippen molar-refractivity contribution in [3.8, 4) is 39.5 Å². The number of hydrogen-bond donors (Lipinski definition) is 1. The predicted molar refractivity (Wildman–Crippen MR) is 181 cm³/mol. The van der Waals surface area contributed by atoms with Crippen LogP contribution in [0.25, 0.3) is 39.4 Å². The Kier molecular flexibility index (Phi) is 6.73. The number of nitrogens with zero attached hydrogens (tertiary/aromatic N) is 5. The molecule has 1 N–H and O–H groups in total. The van der Waals surface area contributed by atoms with Gasteiger partial charge in [-0.05, 0) is 65.2 Å². The van der Waals surface area contributed by atoms with E-state index < -0.39 is 5.54 Å². The summed E-state index contributed by atoms with van der Waals surface area (Å²) in [7, 11) is 0. The lowest BCUT2D eigenvalue weighted by atomic mass is 9.77. The van der Waals surface area contributed by atoms with Gasteiger partial charge in [-0.25, -0.2) is 4.98 Å². The van der Waals surface area contributed by atoms with Crippen molar-refractivity contribution in [2.75, 3.05) is 0 Å². The number of hydrogen-bond acceptors (Lipinski definition) is 4. The number of aromatic nitrogens is 5. The van der Waals surface area contributed by atoms with E-state index in [1.54, 1.807) is 18.3 Å². The van der Waals surface area contributed by atoms with E-state index in [-0.39, 0.29) is 5.75 Å². The summed E-state index contributed by atoms with van der Waals surface area (Å²) in [5, 5.41) is 15.6. The average Bonchev–Trinajstić information content (AvgIpc) is 3.76. The number of benzene rings is 4. The van der Waals surface area contributed by atoms with E-state index in [4.69, 9.17) is 5.10 Å². The summed E-state index contributed by atoms with van der Waals surface area (Å²) in [6.45, 7) is 0. The van der Waals surface area contributed by atoms with Gasteiger partial charge in [0.15, 0.2) is 0 Å². The van der Waals surface area contributed by atoms with Crippen molar-refractivity contribution in [2.24, 2.45) is 0 Å². The number of phenols is 1. The molecule has 0 atom stereocenters. The molecule has 8 aromatic rings. The van der Waals surface area contributed by atoms with E-state index >= 15 is 0 Å². The summed E-state index contributed by atoms with van der Waals surface area (Å²) in [5.74, 6) is 0.205. The Morgan fingerprint density at radius 1 is 0.543 bits per heavy atom. The van der Waals surface area contributed by atoms with Crippen LogP contribution in [0.4, 0.5) is 0 Å². The van der Waals surface area contributed by atoms with Crippen LogP contribution in [0.5, 0.6) is 5.75 Å². The number of fused-ring (bicyclic) bond motifs is 1. The molecule has 0 aliphatic carbocycles. The van der Waals surface area contributed by atoms with E-state index in [1.807, 2.05) is 60.8 Å². The zero-order valence-electron chi connectivity index (χ0n) is 24.8. The van der Waals surface area contributed by atoms with Gasteiger partial charge in [-0.2, -0.15) is 5.10 Å². The highest BCUT2D eigenvalue weighted by Crippen LogP contribution is 2.43. The van der Waals surface area contributed by atoms with Crippen LogP contribution in [0, 0.1) is 0 Å². The van der Waals surface area contributed by atoms with Gasteiger partial charge in [0.1, 0.15) is 22.6 Å². The molecule has 0 bridgehead atoms. The number of rotatable bonds is 7. The van der Waals surface area contributed by atoms with Crippen LogP contribution in [0.3, 0.4) is 0 Å². The van der Waals surface area contributed by atoms with Gasteiger partial charge in [0, 0.05) is 35.3 Å². The zero-order chi connectivity index (χ0) is 30.9. The highest BCUT2D eigenvalue weighted by atomic mass is 16.3. The summed E-state index contributed by atoms with van der Waals surface area (Å²) in [5.41, 5.74) is 8.66. The van der Waals surface area contributed by atoms with Crippen LogP contribution in [-0.2, 0) is 5.54 Å². The SMILES string of the molecule is Oc1ccc(-c2nn(C(c3ccccc3)(c3ccccc3)c3ccccc3)cc2-c2ccc3ncc(-c4ccccn4)n3c2)cc1. The Morgan fingerprint density at radius 3 is 1.72 bits per heavy atom. The summed E-state index contributed by atoms with van der Waals surface area (Å²) in [4.78, 5) is 9.24. The van der Waals surface area contributed by atoms with Crippen molar-refractivity contribution in [2.45, 2.75) is 5.54 Å². The van der Waals surface area contributed by atoms with Gasteiger partial charge in [0.25, 0.3) is 0 Å².